The van der Waals surface area contributed by atoms with Crippen LogP contribution in [0.2, 0.25) is 0 Å². The van der Waals surface area contributed by atoms with Gasteiger partial charge in [-0.25, -0.2) is 13.6 Å². The first-order valence-corrected chi connectivity index (χ1v) is 6.18. The third-order valence-corrected chi connectivity index (χ3v) is 3.23. The maximum atomic E-state index is 10.9. The molecule has 0 saturated carbocycles. The van der Waals surface area contributed by atoms with Gasteiger partial charge in [0.15, 0.2) is 0 Å². The predicted molar refractivity (Wildman–Crippen MR) is 54.0 cm³/mol. The number of benzene rings is 1. The lowest BCUT2D eigenvalue weighted by molar-refractivity contribution is 0.598. The van der Waals surface area contributed by atoms with Crippen LogP contribution in [0, 0.1) is 0 Å². The number of anilines is 1. The van der Waals surface area contributed by atoms with Crippen molar-refractivity contribution in [1.29, 1.82) is 0 Å². The molecule has 0 aliphatic rings. The Morgan fingerprint density at radius 3 is 2.38 bits per heavy atom. The minimum absolute atomic E-state index is 0.0229. The molecule has 0 fully saturated rings. The van der Waals surface area contributed by atoms with E-state index in [1.807, 2.05) is 6.26 Å². The van der Waals surface area contributed by atoms with E-state index >= 15 is 0 Å². The van der Waals surface area contributed by atoms with E-state index < -0.39 is 10.0 Å². The summed E-state index contributed by atoms with van der Waals surface area (Å²) < 4.78 is 21.9. The molecule has 0 spiro atoms. The van der Waals surface area contributed by atoms with Crippen LogP contribution in [0.25, 0.3) is 0 Å². The maximum Gasteiger partial charge on any atom is 0.240 e. The number of sulfonamides is 1. The molecule has 0 saturated heterocycles. The van der Waals surface area contributed by atoms with Crippen molar-refractivity contribution in [3.63, 3.8) is 0 Å². The van der Waals surface area contributed by atoms with E-state index in [1.165, 1.54) is 17.8 Å². The highest BCUT2D eigenvalue weighted by molar-refractivity contribution is 7.98. The molecule has 1 rings (SSSR count). The van der Waals surface area contributed by atoms with Crippen molar-refractivity contribution in [3.05, 3.63) is 18.2 Å². The number of nitrogen functional groups attached to an aromatic ring is 1. The van der Waals surface area contributed by atoms with Gasteiger partial charge in [0.1, 0.15) is 4.90 Å². The number of primary sulfonamides is 1. The second kappa shape index (κ2) is 3.57. The summed E-state index contributed by atoms with van der Waals surface area (Å²) >= 11 is 1.49. The Balaban J connectivity index is 3.29. The normalized spacial score (nSPS) is 11.5. The molecule has 1 aromatic rings. The minimum Gasteiger partial charge on any atom is -0.398 e. The van der Waals surface area contributed by atoms with E-state index in [2.05, 4.69) is 0 Å². The Labute approximate surface area is 81.4 Å². The van der Waals surface area contributed by atoms with Gasteiger partial charge in [-0.3, -0.25) is 0 Å². The lowest BCUT2D eigenvalue weighted by Crippen LogP contribution is -2.14. The van der Waals surface area contributed by atoms with Crippen molar-refractivity contribution in [3.8, 4) is 0 Å². The van der Waals surface area contributed by atoms with E-state index in [9.17, 15) is 8.42 Å². The topological polar surface area (TPSA) is 86.2 Å². The molecule has 0 radical (unpaired) electrons. The predicted octanol–water partition coefficient (Wildman–Crippen LogP) is 0.638. The number of rotatable bonds is 2. The van der Waals surface area contributed by atoms with Crippen LogP contribution in [-0.4, -0.2) is 14.7 Å². The van der Waals surface area contributed by atoms with Crippen LogP contribution in [0.1, 0.15) is 0 Å². The molecule has 0 atom stereocenters. The van der Waals surface area contributed by atoms with Crippen molar-refractivity contribution in [2.75, 3.05) is 12.0 Å². The van der Waals surface area contributed by atoms with Crippen molar-refractivity contribution in [1.82, 2.24) is 0 Å². The van der Waals surface area contributed by atoms with E-state index in [0.29, 0.717) is 0 Å². The summed E-state index contributed by atoms with van der Waals surface area (Å²) in [7, 11) is -3.69. The summed E-state index contributed by atoms with van der Waals surface area (Å²) in [6, 6.07) is 4.67. The Morgan fingerprint density at radius 1 is 1.38 bits per heavy atom. The molecule has 0 aromatic heterocycles. The molecule has 0 amide bonds. The summed E-state index contributed by atoms with van der Waals surface area (Å²) in [5.41, 5.74) is 5.70. The Bertz CT molecular complexity index is 415. The van der Waals surface area contributed by atoms with Gasteiger partial charge in [-0.15, -0.1) is 11.8 Å². The molecule has 6 heteroatoms. The average molecular weight is 218 g/mol. The standard InChI is InChI=1S/C7H10N2O2S2/c1-12-5-2-3-7(6(8)4-5)13(9,10)11/h2-4H,8H2,1H3,(H2,9,10,11). The fourth-order valence-corrected chi connectivity index (χ4v) is 2.01. The summed E-state index contributed by atoms with van der Waals surface area (Å²) in [5, 5.41) is 4.93. The van der Waals surface area contributed by atoms with Gasteiger partial charge in [-0.05, 0) is 24.5 Å². The third-order valence-electron chi connectivity index (χ3n) is 1.52. The summed E-state index contributed by atoms with van der Waals surface area (Å²) in [6.45, 7) is 0. The summed E-state index contributed by atoms with van der Waals surface area (Å²) in [5.74, 6) is 0. The second-order valence-corrected chi connectivity index (χ2v) is 4.86. The summed E-state index contributed by atoms with van der Waals surface area (Å²) in [6.07, 6.45) is 1.88. The van der Waals surface area contributed by atoms with Crippen molar-refractivity contribution < 1.29 is 8.42 Å². The molecular formula is C7H10N2O2S2. The molecule has 0 aliphatic carbocycles. The average Bonchev–Trinajstić information content (AvgIpc) is 2.01. The Hall–Kier alpha value is -0.720. The van der Waals surface area contributed by atoms with Crippen LogP contribution in [0.4, 0.5) is 5.69 Å². The zero-order valence-corrected chi connectivity index (χ0v) is 8.65. The SMILES string of the molecule is CSc1ccc(S(N)(=O)=O)c(N)c1. The van der Waals surface area contributed by atoms with Crippen molar-refractivity contribution >= 4 is 27.5 Å². The quantitative estimate of drug-likeness (QED) is 0.563. The molecule has 1 aromatic carbocycles. The third kappa shape index (κ3) is 2.36. The molecule has 4 nitrogen and oxygen atoms in total. The van der Waals surface area contributed by atoms with Crippen LogP contribution in [0.3, 0.4) is 0 Å². The molecule has 4 N–H and O–H groups in total. The molecule has 0 unspecified atom stereocenters. The lowest BCUT2D eigenvalue weighted by Gasteiger charge is -2.04. The van der Waals surface area contributed by atoms with Gasteiger partial charge in [0.25, 0.3) is 0 Å². The van der Waals surface area contributed by atoms with E-state index in [1.54, 1.807) is 12.1 Å². The van der Waals surface area contributed by atoms with Gasteiger partial charge in [-0.1, -0.05) is 0 Å². The first-order chi connectivity index (χ1) is 5.95. The highest BCUT2D eigenvalue weighted by Crippen LogP contribution is 2.23. The van der Waals surface area contributed by atoms with Crippen LogP contribution in [-0.2, 0) is 10.0 Å². The second-order valence-electron chi connectivity index (χ2n) is 2.45. The van der Waals surface area contributed by atoms with Gasteiger partial charge < -0.3 is 5.73 Å². The van der Waals surface area contributed by atoms with Crippen LogP contribution in [0.5, 0.6) is 0 Å². The highest BCUT2D eigenvalue weighted by atomic mass is 32.2. The molecule has 0 heterocycles. The van der Waals surface area contributed by atoms with Gasteiger partial charge in [0, 0.05) is 4.90 Å². The largest absolute Gasteiger partial charge is 0.398 e. The molecule has 72 valence electrons. The fourth-order valence-electron chi connectivity index (χ4n) is 0.913. The Kier molecular flexibility index (Phi) is 2.84. The maximum absolute atomic E-state index is 10.9. The molecular weight excluding hydrogens is 208 g/mol. The van der Waals surface area contributed by atoms with Crippen molar-refractivity contribution in [2.24, 2.45) is 5.14 Å². The van der Waals surface area contributed by atoms with Crippen LogP contribution < -0.4 is 10.9 Å². The highest BCUT2D eigenvalue weighted by Gasteiger charge is 2.11. The Morgan fingerprint density at radius 2 is 2.00 bits per heavy atom. The lowest BCUT2D eigenvalue weighted by atomic mass is 10.3. The smallest absolute Gasteiger partial charge is 0.240 e. The van der Waals surface area contributed by atoms with Crippen LogP contribution in [0.15, 0.2) is 28.0 Å². The molecule has 0 bridgehead atoms. The van der Waals surface area contributed by atoms with Gasteiger partial charge in [0.2, 0.25) is 10.0 Å². The van der Waals surface area contributed by atoms with E-state index in [-0.39, 0.29) is 10.6 Å². The summed E-state index contributed by atoms with van der Waals surface area (Å²) in [4.78, 5) is 0.884. The van der Waals surface area contributed by atoms with Gasteiger partial charge >= 0.3 is 0 Å². The monoisotopic (exact) mass is 218 g/mol. The van der Waals surface area contributed by atoms with Gasteiger partial charge in [0.05, 0.1) is 5.69 Å². The number of hydrogen-bond acceptors (Lipinski definition) is 4. The molecule has 13 heavy (non-hydrogen) atoms. The zero-order valence-electron chi connectivity index (χ0n) is 7.02. The van der Waals surface area contributed by atoms with E-state index in [4.69, 9.17) is 10.9 Å². The number of hydrogen-bond donors (Lipinski definition) is 2. The first-order valence-electron chi connectivity index (χ1n) is 3.41. The fraction of sp³-hybridized carbons (Fsp3) is 0.143. The van der Waals surface area contributed by atoms with Gasteiger partial charge in [-0.2, -0.15) is 0 Å². The number of thioether (sulfide) groups is 1. The molecule has 0 aliphatic heterocycles. The zero-order chi connectivity index (χ0) is 10.1. The van der Waals surface area contributed by atoms with Crippen LogP contribution >= 0.6 is 11.8 Å². The van der Waals surface area contributed by atoms with E-state index in [0.717, 1.165) is 4.90 Å². The minimum atomic E-state index is -3.69. The first kappa shape index (κ1) is 10.4. The number of nitrogens with two attached hydrogens (primary N) is 2. The van der Waals surface area contributed by atoms with Crippen molar-refractivity contribution in [2.45, 2.75) is 9.79 Å².